The van der Waals surface area contributed by atoms with Crippen LogP contribution in [0.25, 0.3) is 0 Å². The van der Waals surface area contributed by atoms with Crippen molar-refractivity contribution in [2.75, 3.05) is 20.5 Å². The Morgan fingerprint density at radius 1 is 1.08 bits per heavy atom. The summed E-state index contributed by atoms with van der Waals surface area (Å²) in [5.74, 6) is 1.78. The van der Waals surface area contributed by atoms with Crippen molar-refractivity contribution in [2.45, 2.75) is 24.5 Å². The highest BCUT2D eigenvalue weighted by Crippen LogP contribution is 2.27. The summed E-state index contributed by atoms with van der Waals surface area (Å²) in [5, 5.41) is 2.87. The van der Waals surface area contributed by atoms with Gasteiger partial charge in [0.1, 0.15) is 5.75 Å². The second-order valence-electron chi connectivity index (χ2n) is 5.34. The van der Waals surface area contributed by atoms with Crippen molar-refractivity contribution in [1.82, 2.24) is 5.32 Å². The first kappa shape index (κ1) is 19.0. The summed E-state index contributed by atoms with van der Waals surface area (Å²) in [5.41, 5.74) is 0.919. The van der Waals surface area contributed by atoms with E-state index in [0.717, 1.165) is 10.5 Å². The molecule has 2 rings (SSSR count). The minimum Gasteiger partial charge on any atom is -0.493 e. The van der Waals surface area contributed by atoms with Gasteiger partial charge in [-0.2, -0.15) is 0 Å². The molecule has 0 radical (unpaired) electrons. The van der Waals surface area contributed by atoms with E-state index >= 15 is 0 Å². The fourth-order valence-corrected chi connectivity index (χ4v) is 2.64. The van der Waals surface area contributed by atoms with Crippen LogP contribution in [0.2, 0.25) is 0 Å². The van der Waals surface area contributed by atoms with Gasteiger partial charge in [0, 0.05) is 11.4 Å². The molecule has 0 aliphatic carbocycles. The summed E-state index contributed by atoms with van der Waals surface area (Å²) in [4.78, 5) is 13.4. The molecule has 0 aromatic heterocycles. The molecule has 0 aliphatic heterocycles. The van der Waals surface area contributed by atoms with Crippen molar-refractivity contribution in [2.24, 2.45) is 0 Å². The zero-order chi connectivity index (χ0) is 18.2. The molecule has 0 heterocycles. The number of rotatable bonds is 8. The van der Waals surface area contributed by atoms with Gasteiger partial charge in [-0.3, -0.25) is 4.79 Å². The van der Waals surface area contributed by atoms with Crippen molar-refractivity contribution in [3.05, 3.63) is 48.0 Å². The number of carbonyl (C=O) groups is 1. The highest BCUT2D eigenvalue weighted by atomic mass is 32.2. The van der Waals surface area contributed by atoms with Crippen LogP contribution in [0.15, 0.2) is 47.4 Å². The van der Waals surface area contributed by atoms with Gasteiger partial charge in [0.2, 0.25) is 0 Å². The first-order valence-corrected chi connectivity index (χ1v) is 9.09. The number of ether oxygens (including phenoxy) is 3. The van der Waals surface area contributed by atoms with Gasteiger partial charge in [0.25, 0.3) is 5.91 Å². The van der Waals surface area contributed by atoms with Gasteiger partial charge in [0.15, 0.2) is 17.6 Å². The minimum atomic E-state index is -0.583. The average molecular weight is 361 g/mol. The molecule has 0 saturated heterocycles. The molecular weight excluding hydrogens is 338 g/mol. The number of thioether (sulfide) groups is 1. The lowest BCUT2D eigenvalue weighted by atomic mass is 10.2. The monoisotopic (exact) mass is 361 g/mol. The van der Waals surface area contributed by atoms with E-state index in [1.807, 2.05) is 48.7 Å². The molecule has 0 fully saturated rings. The lowest BCUT2D eigenvalue weighted by Crippen LogP contribution is -2.35. The van der Waals surface area contributed by atoms with Crippen LogP contribution in [-0.4, -0.2) is 32.5 Å². The summed E-state index contributed by atoms with van der Waals surface area (Å²) in [6.45, 7) is 2.12. The van der Waals surface area contributed by atoms with Crippen LogP contribution in [0.3, 0.4) is 0 Å². The van der Waals surface area contributed by atoms with Crippen LogP contribution >= 0.6 is 11.8 Å². The molecule has 1 amide bonds. The molecule has 1 atom stereocenters. The maximum absolute atomic E-state index is 12.2. The first-order chi connectivity index (χ1) is 12.1. The third-order valence-corrected chi connectivity index (χ3v) is 4.40. The molecule has 1 N–H and O–H groups in total. The second kappa shape index (κ2) is 9.22. The zero-order valence-corrected chi connectivity index (χ0v) is 15.7. The Morgan fingerprint density at radius 3 is 2.36 bits per heavy atom. The quantitative estimate of drug-likeness (QED) is 0.729. The molecule has 0 aliphatic rings. The Hall–Kier alpha value is -2.34. The third kappa shape index (κ3) is 5.32. The van der Waals surface area contributed by atoms with Gasteiger partial charge < -0.3 is 19.5 Å². The molecule has 134 valence electrons. The van der Waals surface area contributed by atoms with Crippen LogP contribution in [0, 0.1) is 0 Å². The maximum Gasteiger partial charge on any atom is 0.261 e. The van der Waals surface area contributed by atoms with Crippen LogP contribution < -0.4 is 19.5 Å². The number of carbonyl (C=O) groups excluding carboxylic acids is 1. The van der Waals surface area contributed by atoms with Crippen molar-refractivity contribution < 1.29 is 19.0 Å². The van der Waals surface area contributed by atoms with Crippen molar-refractivity contribution in [3.63, 3.8) is 0 Å². The van der Waals surface area contributed by atoms with Gasteiger partial charge in [-0.05, 0) is 55.1 Å². The van der Waals surface area contributed by atoms with Gasteiger partial charge in [0.05, 0.1) is 14.2 Å². The average Bonchev–Trinajstić information content (AvgIpc) is 2.66. The van der Waals surface area contributed by atoms with E-state index in [-0.39, 0.29) is 5.91 Å². The fourth-order valence-electron chi connectivity index (χ4n) is 2.24. The maximum atomic E-state index is 12.2. The third-order valence-electron chi connectivity index (χ3n) is 3.66. The predicted molar refractivity (Wildman–Crippen MR) is 99.7 cm³/mol. The normalized spacial score (nSPS) is 11.5. The Labute approximate surface area is 152 Å². The summed E-state index contributed by atoms with van der Waals surface area (Å²) in [6, 6.07) is 13.2. The minimum absolute atomic E-state index is 0.177. The fraction of sp³-hybridized carbons (Fsp3) is 0.316. The molecule has 2 aromatic rings. The number of methoxy groups -OCH3 is 2. The van der Waals surface area contributed by atoms with Crippen molar-refractivity contribution in [1.29, 1.82) is 0 Å². The van der Waals surface area contributed by atoms with Gasteiger partial charge >= 0.3 is 0 Å². The Balaban J connectivity index is 1.90. The highest BCUT2D eigenvalue weighted by molar-refractivity contribution is 7.98. The predicted octanol–water partition coefficient (Wildman–Crippen LogP) is 3.51. The lowest BCUT2D eigenvalue weighted by Gasteiger charge is -2.15. The zero-order valence-electron chi connectivity index (χ0n) is 14.9. The molecule has 0 unspecified atom stereocenters. The molecular formula is C19H23NO4S. The second-order valence-corrected chi connectivity index (χ2v) is 6.22. The number of hydrogen-bond donors (Lipinski definition) is 1. The Morgan fingerprint density at radius 2 is 1.76 bits per heavy atom. The van der Waals surface area contributed by atoms with Crippen LogP contribution in [0.5, 0.6) is 17.2 Å². The van der Waals surface area contributed by atoms with Gasteiger partial charge in [-0.25, -0.2) is 0 Å². The number of benzene rings is 2. The van der Waals surface area contributed by atoms with Gasteiger partial charge in [-0.15, -0.1) is 11.8 Å². The summed E-state index contributed by atoms with van der Waals surface area (Å²) >= 11 is 1.66. The molecule has 6 heteroatoms. The number of hydrogen-bond acceptors (Lipinski definition) is 5. The number of amides is 1. The first-order valence-electron chi connectivity index (χ1n) is 7.86. The summed E-state index contributed by atoms with van der Waals surface area (Å²) < 4.78 is 16.1. The van der Waals surface area contributed by atoms with Crippen LogP contribution in [0.4, 0.5) is 0 Å². The van der Waals surface area contributed by atoms with Crippen LogP contribution in [0.1, 0.15) is 12.5 Å². The van der Waals surface area contributed by atoms with E-state index in [4.69, 9.17) is 14.2 Å². The van der Waals surface area contributed by atoms with Crippen molar-refractivity contribution in [3.8, 4) is 17.2 Å². The standard InChI is InChI=1S/C19H23NO4S/c1-13(24-15-6-8-16(25-4)9-7-15)19(21)20-12-14-5-10-17(22-2)18(11-14)23-3/h5-11,13H,12H2,1-4H3,(H,20,21)/t13-/m1/s1. The molecule has 0 saturated carbocycles. The van der Waals surface area contributed by atoms with E-state index < -0.39 is 6.10 Å². The van der Waals surface area contributed by atoms with E-state index in [1.165, 1.54) is 0 Å². The highest BCUT2D eigenvalue weighted by Gasteiger charge is 2.14. The van der Waals surface area contributed by atoms with E-state index in [0.29, 0.717) is 23.8 Å². The Bertz CT molecular complexity index is 703. The summed E-state index contributed by atoms with van der Waals surface area (Å²) in [6.07, 6.45) is 1.43. The van der Waals surface area contributed by atoms with Crippen LogP contribution in [-0.2, 0) is 11.3 Å². The SMILES string of the molecule is COc1ccc(CNC(=O)[C@@H](C)Oc2ccc(SC)cc2)cc1OC. The summed E-state index contributed by atoms with van der Waals surface area (Å²) in [7, 11) is 3.17. The van der Waals surface area contributed by atoms with E-state index in [2.05, 4.69) is 5.32 Å². The Kier molecular flexibility index (Phi) is 7.01. The van der Waals surface area contributed by atoms with E-state index in [9.17, 15) is 4.79 Å². The smallest absolute Gasteiger partial charge is 0.261 e. The largest absolute Gasteiger partial charge is 0.493 e. The molecule has 5 nitrogen and oxygen atoms in total. The molecule has 25 heavy (non-hydrogen) atoms. The van der Waals surface area contributed by atoms with E-state index in [1.54, 1.807) is 32.9 Å². The molecule has 2 aromatic carbocycles. The molecule has 0 bridgehead atoms. The topological polar surface area (TPSA) is 56.8 Å². The molecule has 0 spiro atoms. The number of nitrogens with one attached hydrogen (secondary N) is 1. The van der Waals surface area contributed by atoms with Gasteiger partial charge in [-0.1, -0.05) is 6.07 Å². The van der Waals surface area contributed by atoms with Crippen molar-refractivity contribution >= 4 is 17.7 Å². The lowest BCUT2D eigenvalue weighted by molar-refractivity contribution is -0.127.